The fraction of sp³-hybridized carbons (Fsp3) is 0.857. The highest BCUT2D eigenvalue weighted by Crippen LogP contribution is 2.16. The molecule has 0 aliphatic heterocycles. The summed E-state index contributed by atoms with van der Waals surface area (Å²) in [6.45, 7) is 4.82. The number of hydrogen-bond acceptors (Lipinski definition) is 5. The lowest BCUT2D eigenvalue weighted by Gasteiger charge is -2.19. The molecule has 0 radical (unpaired) electrons. The van der Waals surface area contributed by atoms with E-state index >= 15 is 0 Å². The molecule has 0 heterocycles. The first-order valence-corrected chi connectivity index (χ1v) is 27.3. The summed E-state index contributed by atoms with van der Waals surface area (Å²) in [5.74, 6) is -0.122. The molecule has 0 bridgehead atoms. The van der Waals surface area contributed by atoms with Crippen LogP contribution >= 0.6 is 0 Å². The molecule has 6 nitrogen and oxygen atoms in total. The normalized spacial score (nSPS) is 12.9. The van der Waals surface area contributed by atoms with Crippen molar-refractivity contribution in [1.82, 2.24) is 5.32 Å². The van der Waals surface area contributed by atoms with Crippen LogP contribution in [0, 0.1) is 0 Å². The summed E-state index contributed by atoms with van der Waals surface area (Å²) in [4.78, 5) is 24.4. The van der Waals surface area contributed by atoms with E-state index in [4.69, 9.17) is 4.74 Å². The van der Waals surface area contributed by atoms with Gasteiger partial charge in [-0.1, -0.05) is 230 Å². The number of aliphatic hydroxyl groups is 2. The number of allylic oxidation sites excluding steroid dienone is 5. The Kier molecular flexibility index (Phi) is 50.1. The summed E-state index contributed by atoms with van der Waals surface area (Å²) in [5.41, 5.74) is 0. The van der Waals surface area contributed by atoms with Crippen LogP contribution in [0.1, 0.15) is 284 Å². The number of amides is 1. The van der Waals surface area contributed by atoms with Gasteiger partial charge in [0.2, 0.25) is 5.91 Å². The van der Waals surface area contributed by atoms with Crippen molar-refractivity contribution in [2.24, 2.45) is 0 Å². The van der Waals surface area contributed by atoms with Gasteiger partial charge in [0.05, 0.1) is 25.4 Å². The number of aliphatic hydroxyl groups excluding tert-OH is 2. The van der Waals surface area contributed by atoms with Gasteiger partial charge in [-0.25, -0.2) is 0 Å². The maximum atomic E-state index is 12.4. The van der Waals surface area contributed by atoms with Gasteiger partial charge in [-0.15, -0.1) is 0 Å². The molecule has 2 atom stereocenters. The maximum Gasteiger partial charge on any atom is 0.305 e. The molecule has 3 N–H and O–H groups in total. The van der Waals surface area contributed by atoms with Crippen LogP contribution in [0.15, 0.2) is 36.5 Å². The molecule has 0 aromatic heterocycles. The molecule has 6 heteroatoms. The summed E-state index contributed by atoms with van der Waals surface area (Å²) in [5, 5.41) is 23.1. The first-order valence-electron chi connectivity index (χ1n) is 27.3. The average Bonchev–Trinajstić information content (AvgIpc) is 3.27. The molecule has 364 valence electrons. The van der Waals surface area contributed by atoms with Crippen molar-refractivity contribution in [2.45, 2.75) is 296 Å². The van der Waals surface area contributed by atoms with Crippen molar-refractivity contribution in [3.8, 4) is 0 Å². The first kappa shape index (κ1) is 60.1. The van der Waals surface area contributed by atoms with E-state index in [9.17, 15) is 19.8 Å². The van der Waals surface area contributed by atoms with Crippen LogP contribution in [-0.2, 0) is 14.3 Å². The highest BCUT2D eigenvalue weighted by atomic mass is 16.5. The monoisotopic (exact) mass is 872 g/mol. The van der Waals surface area contributed by atoms with Crippen LogP contribution in [0.5, 0.6) is 0 Å². The summed E-state index contributed by atoms with van der Waals surface area (Å²) < 4.78 is 5.43. The number of hydrogen-bond donors (Lipinski definition) is 3. The highest BCUT2D eigenvalue weighted by Gasteiger charge is 2.18. The van der Waals surface area contributed by atoms with Gasteiger partial charge in [-0.2, -0.15) is 0 Å². The van der Waals surface area contributed by atoms with E-state index in [2.05, 4.69) is 43.5 Å². The standard InChI is InChI=1S/C56H105NO5/c1-3-5-7-9-11-13-15-16-17-18-19-20-21-22-23-25-29-32-36-40-44-48-54(59)53(52-58)57-55(60)49-45-41-37-33-30-26-24-27-31-35-39-43-47-51-62-56(61)50-46-42-38-34-28-14-12-10-8-6-4-2/h10,12,26,30,44,48,53-54,58-59H,3-9,11,13-25,27-29,31-43,45-47,49-52H2,1-2H3,(H,57,60)/b12-10-,30-26-,48-44+. The van der Waals surface area contributed by atoms with E-state index in [1.807, 2.05) is 6.08 Å². The Morgan fingerprint density at radius 2 is 0.774 bits per heavy atom. The SMILES string of the molecule is CCCC/C=C\CCCCCCCC(=O)OCCCCCCCC/C=C\CCCCCC(=O)NC(CO)C(O)/C=C/CCCCCCCCCCCCCCCCCCCCC. The van der Waals surface area contributed by atoms with Crippen LogP contribution in [0.4, 0.5) is 0 Å². The molecule has 0 aromatic carbocycles. The quantitative estimate of drug-likeness (QED) is 0.0321. The number of esters is 1. The molecule has 2 unspecified atom stereocenters. The molecule has 0 rings (SSSR count). The van der Waals surface area contributed by atoms with Gasteiger partial charge >= 0.3 is 5.97 Å². The second-order valence-corrected chi connectivity index (χ2v) is 18.5. The number of carbonyl (C=O) groups is 2. The zero-order valence-electron chi connectivity index (χ0n) is 41.4. The third-order valence-corrected chi connectivity index (χ3v) is 12.4. The third kappa shape index (κ3) is 47.6. The van der Waals surface area contributed by atoms with Crippen LogP contribution < -0.4 is 5.32 Å². The van der Waals surface area contributed by atoms with Gasteiger partial charge in [-0.05, 0) is 77.0 Å². The molecular formula is C56H105NO5. The van der Waals surface area contributed by atoms with Crippen molar-refractivity contribution in [3.05, 3.63) is 36.5 Å². The minimum atomic E-state index is -0.863. The molecule has 62 heavy (non-hydrogen) atoms. The Morgan fingerprint density at radius 3 is 1.21 bits per heavy atom. The Labute approximate surface area is 385 Å². The van der Waals surface area contributed by atoms with Crippen LogP contribution in [-0.4, -0.2) is 47.4 Å². The lowest BCUT2D eigenvalue weighted by molar-refractivity contribution is -0.143. The third-order valence-electron chi connectivity index (χ3n) is 12.4. The second-order valence-electron chi connectivity index (χ2n) is 18.5. The molecule has 0 aliphatic rings. The molecule has 0 saturated carbocycles. The predicted octanol–water partition coefficient (Wildman–Crippen LogP) is 16.5. The molecule has 0 aliphatic carbocycles. The molecule has 0 fully saturated rings. The minimum Gasteiger partial charge on any atom is -0.466 e. The number of rotatable bonds is 50. The van der Waals surface area contributed by atoms with Crippen LogP contribution in [0.2, 0.25) is 0 Å². The maximum absolute atomic E-state index is 12.4. The summed E-state index contributed by atoms with van der Waals surface area (Å²) in [6.07, 6.45) is 63.0. The van der Waals surface area contributed by atoms with Gasteiger partial charge in [0.1, 0.15) is 0 Å². The van der Waals surface area contributed by atoms with Gasteiger partial charge in [-0.3, -0.25) is 9.59 Å². The van der Waals surface area contributed by atoms with Gasteiger partial charge in [0.25, 0.3) is 0 Å². The first-order chi connectivity index (χ1) is 30.5. The fourth-order valence-corrected chi connectivity index (χ4v) is 8.14. The molecule has 0 spiro atoms. The van der Waals surface area contributed by atoms with E-state index in [0.29, 0.717) is 19.4 Å². The Bertz CT molecular complexity index is 1010. The van der Waals surface area contributed by atoms with E-state index in [-0.39, 0.29) is 18.5 Å². The summed E-state index contributed by atoms with van der Waals surface area (Å²) in [6, 6.07) is -0.649. The zero-order chi connectivity index (χ0) is 45.1. The summed E-state index contributed by atoms with van der Waals surface area (Å²) >= 11 is 0. The Balaban J connectivity index is 3.55. The van der Waals surface area contributed by atoms with E-state index in [1.54, 1.807) is 6.08 Å². The smallest absolute Gasteiger partial charge is 0.305 e. The van der Waals surface area contributed by atoms with Crippen molar-refractivity contribution < 1.29 is 24.5 Å². The van der Waals surface area contributed by atoms with E-state index in [1.165, 1.54) is 186 Å². The second kappa shape index (κ2) is 51.7. The lowest BCUT2D eigenvalue weighted by atomic mass is 10.0. The molecule has 0 saturated heterocycles. The topological polar surface area (TPSA) is 95.9 Å². The predicted molar refractivity (Wildman–Crippen MR) is 269 cm³/mol. The highest BCUT2D eigenvalue weighted by molar-refractivity contribution is 5.76. The number of unbranched alkanes of at least 4 members (excludes halogenated alkanes) is 35. The van der Waals surface area contributed by atoms with Crippen LogP contribution in [0.3, 0.4) is 0 Å². The van der Waals surface area contributed by atoms with Crippen LogP contribution in [0.25, 0.3) is 0 Å². The van der Waals surface area contributed by atoms with Crippen molar-refractivity contribution >= 4 is 11.9 Å². The molecule has 1 amide bonds. The largest absolute Gasteiger partial charge is 0.466 e. The zero-order valence-corrected chi connectivity index (χ0v) is 41.4. The molecular weight excluding hydrogens is 767 g/mol. The fourth-order valence-electron chi connectivity index (χ4n) is 8.14. The van der Waals surface area contributed by atoms with Crippen molar-refractivity contribution in [1.29, 1.82) is 0 Å². The Morgan fingerprint density at radius 1 is 0.435 bits per heavy atom. The average molecular weight is 872 g/mol. The van der Waals surface area contributed by atoms with Gasteiger partial charge in [0.15, 0.2) is 0 Å². The van der Waals surface area contributed by atoms with Gasteiger partial charge in [0, 0.05) is 12.8 Å². The number of carbonyl (C=O) groups excluding carboxylic acids is 2. The van der Waals surface area contributed by atoms with E-state index < -0.39 is 12.1 Å². The summed E-state index contributed by atoms with van der Waals surface area (Å²) in [7, 11) is 0. The van der Waals surface area contributed by atoms with Crippen molar-refractivity contribution in [2.75, 3.05) is 13.2 Å². The number of ether oxygens (including phenoxy) is 1. The Hall–Kier alpha value is -1.92. The minimum absolute atomic E-state index is 0.0253. The molecule has 0 aromatic rings. The lowest BCUT2D eigenvalue weighted by Crippen LogP contribution is -2.45. The van der Waals surface area contributed by atoms with Crippen molar-refractivity contribution in [3.63, 3.8) is 0 Å². The van der Waals surface area contributed by atoms with Gasteiger partial charge < -0.3 is 20.3 Å². The number of nitrogens with one attached hydrogen (secondary N) is 1. The van der Waals surface area contributed by atoms with E-state index in [0.717, 1.165) is 70.6 Å².